The number of carbonyl (C=O) groups excluding carboxylic acids is 1. The molecule has 0 bridgehead atoms. The fraction of sp³-hybridized carbons (Fsp3) is 0.440. The van der Waals surface area contributed by atoms with Gasteiger partial charge in [0.25, 0.3) is 5.56 Å². The molecule has 35 heavy (non-hydrogen) atoms. The van der Waals surface area contributed by atoms with Gasteiger partial charge in [0, 0.05) is 19.6 Å². The van der Waals surface area contributed by atoms with Crippen LogP contribution >= 0.6 is 11.8 Å². The van der Waals surface area contributed by atoms with Crippen LogP contribution in [-0.2, 0) is 17.9 Å². The van der Waals surface area contributed by atoms with E-state index < -0.39 is 11.2 Å². The number of hydrogen-bond acceptors (Lipinski definition) is 6. The summed E-state index contributed by atoms with van der Waals surface area (Å²) in [7, 11) is 0. The molecule has 0 aliphatic rings. The Balaban J connectivity index is 1.93. The highest BCUT2D eigenvalue weighted by molar-refractivity contribution is 7.99. The fourth-order valence-corrected chi connectivity index (χ4v) is 4.83. The Hall–Kier alpha value is -3.27. The van der Waals surface area contributed by atoms with Gasteiger partial charge in [-0.2, -0.15) is 0 Å². The molecule has 3 rings (SSSR count). The standard InChI is InChI=1S/C25H34N6O3S/c1-4-7-11-16-30(21-22(26)31(15-8-5-2)24(34)28-23(21)33)20(32)17-35-25-27-18-12-9-10-13-19(18)29(25)14-6-3/h6,9-10,12-13H,3-5,7-8,11,14-17,26H2,1-2H3,(H,28,33,34). The number of H-pyrrole nitrogens is 1. The minimum Gasteiger partial charge on any atom is -0.383 e. The number of fused-ring (bicyclic) bond motifs is 1. The number of benzene rings is 1. The number of para-hydroxylation sites is 2. The molecule has 2 heterocycles. The van der Waals surface area contributed by atoms with Crippen LogP contribution in [0.15, 0.2) is 51.7 Å². The second-order valence-electron chi connectivity index (χ2n) is 8.32. The summed E-state index contributed by atoms with van der Waals surface area (Å²) in [4.78, 5) is 47.1. The van der Waals surface area contributed by atoms with E-state index in [1.807, 2.05) is 35.8 Å². The molecule has 1 aromatic carbocycles. The average Bonchev–Trinajstić information content (AvgIpc) is 3.19. The number of imidazole rings is 1. The summed E-state index contributed by atoms with van der Waals surface area (Å²) in [6, 6.07) is 7.78. The summed E-state index contributed by atoms with van der Waals surface area (Å²) in [5.41, 5.74) is 6.95. The summed E-state index contributed by atoms with van der Waals surface area (Å²) in [6.07, 6.45) is 5.96. The van der Waals surface area contributed by atoms with Crippen LogP contribution in [0.5, 0.6) is 0 Å². The van der Waals surface area contributed by atoms with Crippen molar-refractivity contribution in [3.8, 4) is 0 Å². The van der Waals surface area contributed by atoms with Crippen LogP contribution < -0.4 is 21.9 Å². The zero-order chi connectivity index (χ0) is 25.4. The summed E-state index contributed by atoms with van der Waals surface area (Å²) >= 11 is 1.31. The van der Waals surface area contributed by atoms with Gasteiger partial charge in [0.15, 0.2) is 10.8 Å². The maximum Gasteiger partial charge on any atom is 0.330 e. The molecule has 1 amide bonds. The summed E-state index contributed by atoms with van der Waals surface area (Å²) in [5.74, 6) is -0.165. The number of amides is 1. The van der Waals surface area contributed by atoms with E-state index in [2.05, 4.69) is 23.5 Å². The number of anilines is 2. The molecule has 10 heteroatoms. The minimum atomic E-state index is -0.644. The molecular weight excluding hydrogens is 464 g/mol. The zero-order valence-corrected chi connectivity index (χ0v) is 21.3. The van der Waals surface area contributed by atoms with Gasteiger partial charge in [0.05, 0.1) is 16.8 Å². The Bertz CT molecular complexity index is 1290. The van der Waals surface area contributed by atoms with Gasteiger partial charge in [0.2, 0.25) is 5.91 Å². The Morgan fingerprint density at radius 2 is 1.91 bits per heavy atom. The SMILES string of the molecule is C=CCn1c(SCC(=O)N(CCCCC)c2c(N)n(CCCC)c(=O)[nH]c2=O)nc2ccccc21. The molecule has 9 nitrogen and oxygen atoms in total. The van der Waals surface area contributed by atoms with Gasteiger partial charge in [-0.15, -0.1) is 6.58 Å². The maximum absolute atomic E-state index is 13.5. The van der Waals surface area contributed by atoms with E-state index in [0.29, 0.717) is 24.8 Å². The van der Waals surface area contributed by atoms with Crippen molar-refractivity contribution in [1.29, 1.82) is 0 Å². The second kappa shape index (κ2) is 12.4. The van der Waals surface area contributed by atoms with Crippen molar-refractivity contribution in [2.24, 2.45) is 0 Å². The van der Waals surface area contributed by atoms with Crippen molar-refractivity contribution < 1.29 is 4.79 Å². The first kappa shape index (κ1) is 26.3. The number of allylic oxidation sites excluding steroid dienone is 1. The number of nitrogen functional groups attached to an aromatic ring is 1. The van der Waals surface area contributed by atoms with Gasteiger partial charge < -0.3 is 15.2 Å². The number of unbranched alkanes of at least 4 members (excludes halogenated alkanes) is 3. The van der Waals surface area contributed by atoms with Crippen LogP contribution in [0.3, 0.4) is 0 Å². The highest BCUT2D eigenvalue weighted by Crippen LogP contribution is 2.26. The number of aromatic nitrogens is 4. The van der Waals surface area contributed by atoms with E-state index in [4.69, 9.17) is 5.73 Å². The van der Waals surface area contributed by atoms with Crippen molar-refractivity contribution in [1.82, 2.24) is 19.1 Å². The molecule has 0 fully saturated rings. The van der Waals surface area contributed by atoms with Crippen molar-refractivity contribution >= 4 is 40.2 Å². The van der Waals surface area contributed by atoms with Gasteiger partial charge in [-0.1, -0.05) is 63.1 Å². The van der Waals surface area contributed by atoms with Gasteiger partial charge >= 0.3 is 5.69 Å². The van der Waals surface area contributed by atoms with Crippen molar-refractivity contribution in [2.45, 2.75) is 64.2 Å². The number of nitrogens with zero attached hydrogens (tertiary/aromatic N) is 4. The molecule has 3 aromatic rings. The highest BCUT2D eigenvalue weighted by atomic mass is 32.2. The lowest BCUT2D eigenvalue weighted by Crippen LogP contribution is -2.42. The summed E-state index contributed by atoms with van der Waals surface area (Å²) in [6.45, 7) is 9.19. The van der Waals surface area contributed by atoms with Crippen molar-refractivity contribution in [3.05, 3.63) is 57.8 Å². The lowest BCUT2D eigenvalue weighted by Gasteiger charge is -2.24. The number of thioether (sulfide) groups is 1. The predicted molar refractivity (Wildman–Crippen MR) is 143 cm³/mol. The van der Waals surface area contributed by atoms with Crippen molar-refractivity contribution in [2.75, 3.05) is 22.9 Å². The quantitative estimate of drug-likeness (QED) is 0.210. The Morgan fingerprint density at radius 1 is 1.17 bits per heavy atom. The smallest absolute Gasteiger partial charge is 0.330 e. The van der Waals surface area contributed by atoms with Gasteiger partial charge in [0.1, 0.15) is 5.82 Å². The molecule has 0 saturated heterocycles. The average molecular weight is 499 g/mol. The third-order valence-electron chi connectivity index (χ3n) is 5.76. The monoisotopic (exact) mass is 498 g/mol. The fourth-order valence-electron chi connectivity index (χ4n) is 3.93. The Kier molecular flexibility index (Phi) is 9.36. The summed E-state index contributed by atoms with van der Waals surface area (Å²) < 4.78 is 3.35. The number of hydrogen-bond donors (Lipinski definition) is 2. The van der Waals surface area contributed by atoms with E-state index in [1.54, 1.807) is 6.08 Å². The number of nitrogens with one attached hydrogen (secondary N) is 1. The molecule has 0 spiro atoms. The lowest BCUT2D eigenvalue weighted by molar-refractivity contribution is -0.116. The molecule has 2 aromatic heterocycles. The molecule has 0 radical (unpaired) electrons. The Morgan fingerprint density at radius 3 is 2.63 bits per heavy atom. The van der Waals surface area contributed by atoms with E-state index in [-0.39, 0.29) is 23.2 Å². The molecule has 0 aliphatic heterocycles. The van der Waals surface area contributed by atoms with E-state index in [0.717, 1.165) is 43.1 Å². The largest absolute Gasteiger partial charge is 0.383 e. The second-order valence-corrected chi connectivity index (χ2v) is 9.26. The molecule has 188 valence electrons. The van der Waals surface area contributed by atoms with E-state index >= 15 is 0 Å². The number of aromatic amines is 1. The van der Waals surface area contributed by atoms with Gasteiger partial charge in [-0.05, 0) is 25.0 Å². The van der Waals surface area contributed by atoms with Crippen molar-refractivity contribution in [3.63, 3.8) is 0 Å². The minimum absolute atomic E-state index is 0.0287. The van der Waals surface area contributed by atoms with Gasteiger partial charge in [-0.25, -0.2) is 9.78 Å². The highest BCUT2D eigenvalue weighted by Gasteiger charge is 2.24. The lowest BCUT2D eigenvalue weighted by atomic mass is 10.2. The molecule has 0 aliphatic carbocycles. The zero-order valence-electron chi connectivity index (χ0n) is 20.5. The van der Waals surface area contributed by atoms with Crippen LogP contribution in [0.1, 0.15) is 46.0 Å². The molecular formula is C25H34N6O3S. The van der Waals surface area contributed by atoms with Crippen LogP contribution in [0.2, 0.25) is 0 Å². The van der Waals surface area contributed by atoms with Crippen LogP contribution in [0, 0.1) is 0 Å². The van der Waals surface area contributed by atoms with Crippen LogP contribution in [-0.4, -0.2) is 37.3 Å². The third kappa shape index (κ3) is 6.05. The molecule has 3 N–H and O–H groups in total. The van der Waals surface area contributed by atoms with E-state index in [1.165, 1.54) is 21.2 Å². The first-order valence-electron chi connectivity index (χ1n) is 12.0. The first-order valence-corrected chi connectivity index (χ1v) is 13.0. The van der Waals surface area contributed by atoms with Gasteiger partial charge in [-0.3, -0.25) is 19.1 Å². The maximum atomic E-state index is 13.5. The normalized spacial score (nSPS) is 11.1. The Labute approximate surface area is 209 Å². The molecule has 0 atom stereocenters. The molecule has 0 unspecified atom stereocenters. The number of carbonyl (C=O) groups is 1. The third-order valence-corrected chi connectivity index (χ3v) is 6.72. The van der Waals surface area contributed by atoms with Crippen LogP contribution in [0.25, 0.3) is 11.0 Å². The number of nitrogens with two attached hydrogens (primary N) is 1. The summed E-state index contributed by atoms with van der Waals surface area (Å²) in [5, 5.41) is 0.697. The first-order chi connectivity index (χ1) is 16.9. The van der Waals surface area contributed by atoms with Crippen LogP contribution in [0.4, 0.5) is 11.5 Å². The number of rotatable bonds is 13. The molecule has 0 saturated carbocycles. The van der Waals surface area contributed by atoms with E-state index in [9.17, 15) is 14.4 Å². The predicted octanol–water partition coefficient (Wildman–Crippen LogP) is 3.77. The topological polar surface area (TPSA) is 119 Å².